The van der Waals surface area contributed by atoms with Crippen LogP contribution in [0.25, 0.3) is 0 Å². The van der Waals surface area contributed by atoms with Crippen LogP contribution in [0.2, 0.25) is 0 Å². The summed E-state index contributed by atoms with van der Waals surface area (Å²) in [5.41, 5.74) is 2.45. The van der Waals surface area contributed by atoms with Crippen LogP contribution in [0, 0.1) is 0 Å². The van der Waals surface area contributed by atoms with Crippen molar-refractivity contribution in [2.24, 2.45) is 0 Å². The van der Waals surface area contributed by atoms with Gasteiger partial charge in [-0.2, -0.15) is 0 Å². The average molecular weight is 215 g/mol. The van der Waals surface area contributed by atoms with Crippen molar-refractivity contribution in [1.29, 1.82) is 0 Å². The number of rotatable bonds is 2. The zero-order valence-corrected chi connectivity index (χ0v) is 9.04. The van der Waals surface area contributed by atoms with Crippen LogP contribution in [0.1, 0.15) is 20.8 Å². The quantitative estimate of drug-likeness (QED) is 0.308. The summed E-state index contributed by atoms with van der Waals surface area (Å²) < 4.78 is 9.78. The Hall–Kier alpha value is -1.56. The molecule has 0 aromatic rings. The number of esters is 2. The van der Waals surface area contributed by atoms with Crippen molar-refractivity contribution < 1.29 is 23.9 Å². The number of hydroxylamine groups is 1. The third-order valence-electron chi connectivity index (χ3n) is 1.72. The first-order valence-electron chi connectivity index (χ1n) is 4.34. The van der Waals surface area contributed by atoms with Crippen LogP contribution < -0.4 is 5.48 Å². The molecule has 1 saturated heterocycles. The molecule has 0 spiro atoms. The fourth-order valence-corrected chi connectivity index (χ4v) is 1.16. The van der Waals surface area contributed by atoms with Crippen LogP contribution in [0.4, 0.5) is 0 Å². The van der Waals surface area contributed by atoms with Gasteiger partial charge < -0.3 is 9.47 Å². The number of allylic oxidation sites excluding steroid dienone is 1. The van der Waals surface area contributed by atoms with E-state index in [2.05, 4.69) is 10.3 Å². The number of hydrogen-bond acceptors (Lipinski definition) is 6. The molecule has 0 aromatic heterocycles. The molecule has 0 aromatic carbocycles. The zero-order valence-electron chi connectivity index (χ0n) is 9.04. The van der Waals surface area contributed by atoms with Crippen LogP contribution in [0.15, 0.2) is 11.3 Å². The Bertz CT molecular complexity index is 309. The maximum absolute atomic E-state index is 11.5. The molecule has 6 nitrogen and oxygen atoms in total. The van der Waals surface area contributed by atoms with Crippen LogP contribution in [-0.4, -0.2) is 24.8 Å². The molecule has 0 atom stereocenters. The summed E-state index contributed by atoms with van der Waals surface area (Å²) in [4.78, 5) is 27.5. The van der Waals surface area contributed by atoms with Crippen molar-refractivity contribution in [2.45, 2.75) is 26.6 Å². The second-order valence-corrected chi connectivity index (χ2v) is 3.49. The first-order chi connectivity index (χ1) is 6.87. The molecule has 1 N–H and O–H groups in total. The number of cyclic esters (lactones) is 2. The monoisotopic (exact) mass is 215 g/mol. The van der Waals surface area contributed by atoms with E-state index in [1.54, 1.807) is 0 Å². The lowest BCUT2D eigenvalue weighted by molar-refractivity contribution is -0.222. The van der Waals surface area contributed by atoms with E-state index in [0.29, 0.717) is 0 Å². The molecule has 0 unspecified atom stereocenters. The van der Waals surface area contributed by atoms with Crippen molar-refractivity contribution in [3.05, 3.63) is 11.3 Å². The number of carbonyl (C=O) groups excluding carboxylic acids is 2. The highest BCUT2D eigenvalue weighted by molar-refractivity contribution is 6.15. The lowest BCUT2D eigenvalue weighted by Crippen LogP contribution is -2.43. The summed E-state index contributed by atoms with van der Waals surface area (Å²) in [5.74, 6) is -2.66. The predicted molar refractivity (Wildman–Crippen MR) is 49.1 cm³/mol. The Labute approximate surface area is 87.1 Å². The van der Waals surface area contributed by atoms with Crippen LogP contribution in [0.5, 0.6) is 0 Å². The summed E-state index contributed by atoms with van der Waals surface area (Å²) in [6.07, 6.45) is 0. The fourth-order valence-electron chi connectivity index (χ4n) is 1.16. The number of ether oxygens (including phenoxy) is 2. The van der Waals surface area contributed by atoms with E-state index in [9.17, 15) is 9.59 Å². The average Bonchev–Trinajstić information content (AvgIpc) is 1.99. The summed E-state index contributed by atoms with van der Waals surface area (Å²) in [6.45, 7) is 4.48. The van der Waals surface area contributed by atoms with Gasteiger partial charge in [-0.3, -0.25) is 10.3 Å². The fraction of sp³-hybridized carbons (Fsp3) is 0.556. The molecule has 0 amide bonds. The lowest BCUT2D eigenvalue weighted by Gasteiger charge is -2.30. The maximum atomic E-state index is 11.5. The standard InChI is InChI=1S/C9H13NO5/c1-5(10-13-4)6-7(11)14-9(2,3)15-8(6)12/h10H,1-4H3. The van der Waals surface area contributed by atoms with Gasteiger partial charge in [0.2, 0.25) is 0 Å². The minimum atomic E-state index is -1.22. The highest BCUT2D eigenvalue weighted by atomic mass is 16.7. The largest absolute Gasteiger partial charge is 0.419 e. The van der Waals surface area contributed by atoms with Gasteiger partial charge in [-0.1, -0.05) is 0 Å². The molecule has 1 heterocycles. The first-order valence-corrected chi connectivity index (χ1v) is 4.34. The molecule has 1 aliphatic heterocycles. The van der Waals surface area contributed by atoms with Gasteiger partial charge in [-0.15, -0.1) is 0 Å². The summed E-state index contributed by atoms with van der Waals surface area (Å²) >= 11 is 0. The normalized spacial score (nSPS) is 19.3. The second kappa shape index (κ2) is 3.90. The van der Waals surface area contributed by atoms with Gasteiger partial charge >= 0.3 is 11.9 Å². The third kappa shape index (κ3) is 2.47. The highest BCUT2D eigenvalue weighted by Crippen LogP contribution is 2.23. The molecule has 1 aliphatic rings. The van der Waals surface area contributed by atoms with Crippen molar-refractivity contribution in [1.82, 2.24) is 5.48 Å². The second-order valence-electron chi connectivity index (χ2n) is 3.49. The molecular formula is C9H13NO5. The van der Waals surface area contributed by atoms with E-state index in [1.807, 2.05) is 0 Å². The highest BCUT2D eigenvalue weighted by Gasteiger charge is 2.40. The molecular weight excluding hydrogens is 202 g/mol. The van der Waals surface area contributed by atoms with Crippen molar-refractivity contribution in [2.75, 3.05) is 7.11 Å². The first kappa shape index (κ1) is 11.5. The van der Waals surface area contributed by atoms with Gasteiger partial charge in [-0.25, -0.2) is 9.59 Å². The van der Waals surface area contributed by atoms with Gasteiger partial charge in [0, 0.05) is 13.8 Å². The van der Waals surface area contributed by atoms with Gasteiger partial charge in [0.25, 0.3) is 5.79 Å². The van der Waals surface area contributed by atoms with Crippen LogP contribution >= 0.6 is 0 Å². The van der Waals surface area contributed by atoms with Crippen molar-refractivity contribution in [3.8, 4) is 0 Å². The number of hydrogen-bond donors (Lipinski definition) is 1. The zero-order chi connectivity index (χ0) is 11.6. The summed E-state index contributed by atoms with van der Waals surface area (Å²) in [5, 5.41) is 0. The third-order valence-corrected chi connectivity index (χ3v) is 1.72. The molecule has 6 heteroatoms. The van der Waals surface area contributed by atoms with E-state index in [4.69, 9.17) is 9.47 Å². The maximum Gasteiger partial charge on any atom is 0.350 e. The molecule has 0 aliphatic carbocycles. The van der Waals surface area contributed by atoms with Crippen LogP contribution in [0.3, 0.4) is 0 Å². The van der Waals surface area contributed by atoms with Crippen molar-refractivity contribution >= 4 is 11.9 Å². The van der Waals surface area contributed by atoms with E-state index < -0.39 is 17.7 Å². The molecule has 84 valence electrons. The van der Waals surface area contributed by atoms with Gasteiger partial charge in [-0.05, 0) is 6.92 Å². The van der Waals surface area contributed by atoms with Gasteiger partial charge in [0.15, 0.2) is 5.57 Å². The number of carbonyl (C=O) groups is 2. The topological polar surface area (TPSA) is 73.9 Å². The van der Waals surface area contributed by atoms with Gasteiger partial charge in [0.05, 0.1) is 12.8 Å². The minimum absolute atomic E-state index is 0.184. The smallest absolute Gasteiger partial charge is 0.350 e. The molecule has 0 radical (unpaired) electrons. The summed E-state index contributed by atoms with van der Waals surface area (Å²) in [7, 11) is 1.37. The molecule has 0 bridgehead atoms. The lowest BCUT2D eigenvalue weighted by atomic mass is 10.2. The Morgan fingerprint density at radius 1 is 1.27 bits per heavy atom. The Morgan fingerprint density at radius 3 is 2.13 bits per heavy atom. The van der Waals surface area contributed by atoms with Crippen LogP contribution in [-0.2, 0) is 23.9 Å². The minimum Gasteiger partial charge on any atom is -0.419 e. The van der Waals surface area contributed by atoms with Crippen molar-refractivity contribution in [3.63, 3.8) is 0 Å². The Kier molecular flexibility index (Phi) is 2.99. The van der Waals surface area contributed by atoms with E-state index in [-0.39, 0.29) is 11.3 Å². The summed E-state index contributed by atoms with van der Waals surface area (Å²) in [6, 6.07) is 0. The molecule has 0 saturated carbocycles. The Balaban J connectivity index is 2.98. The molecule has 15 heavy (non-hydrogen) atoms. The SMILES string of the molecule is CONC(C)=C1C(=O)OC(C)(C)OC1=O. The van der Waals surface area contributed by atoms with E-state index in [0.717, 1.165) is 0 Å². The Morgan fingerprint density at radius 2 is 1.73 bits per heavy atom. The van der Waals surface area contributed by atoms with Gasteiger partial charge in [0.1, 0.15) is 0 Å². The van der Waals surface area contributed by atoms with E-state index >= 15 is 0 Å². The number of nitrogens with one attached hydrogen (secondary N) is 1. The molecule has 1 fully saturated rings. The predicted octanol–water partition coefficient (Wildman–Crippen LogP) is 0.248. The molecule has 1 rings (SSSR count). The van der Waals surface area contributed by atoms with E-state index in [1.165, 1.54) is 27.9 Å².